The van der Waals surface area contributed by atoms with Crippen LogP contribution in [0, 0.1) is 0 Å². The van der Waals surface area contributed by atoms with E-state index in [2.05, 4.69) is 0 Å². The maximum atomic E-state index is 11.0. The molecule has 1 aromatic heterocycles. The molecule has 0 aliphatic carbocycles. The zero-order valence-corrected chi connectivity index (χ0v) is 11.8. The fourth-order valence-electron chi connectivity index (χ4n) is 2.06. The Bertz CT molecular complexity index is 807. The second kappa shape index (κ2) is 5.46. The first-order valence-corrected chi connectivity index (χ1v) is 7.17. The van der Waals surface area contributed by atoms with Gasteiger partial charge >= 0.3 is 5.97 Å². The Morgan fingerprint density at radius 1 is 1.19 bits per heavy atom. The monoisotopic (exact) mass is 300 g/mol. The van der Waals surface area contributed by atoms with Crippen molar-refractivity contribution >= 4 is 27.4 Å². The molecule has 0 bridgehead atoms. The minimum Gasteiger partial charge on any atom is -0.504 e. The number of carboxylic acids is 1. The Labute approximate surface area is 124 Å². The van der Waals surface area contributed by atoms with E-state index in [-0.39, 0.29) is 11.3 Å². The van der Waals surface area contributed by atoms with Crippen LogP contribution in [0.15, 0.2) is 47.8 Å². The Hall–Kier alpha value is -2.53. The van der Waals surface area contributed by atoms with E-state index in [9.17, 15) is 9.90 Å². The Morgan fingerprint density at radius 3 is 2.76 bits per heavy atom. The molecule has 3 aromatic rings. The normalized spacial score (nSPS) is 10.7. The minimum atomic E-state index is -0.933. The first-order chi connectivity index (χ1) is 10.1. The van der Waals surface area contributed by atoms with Crippen molar-refractivity contribution in [3.05, 3.63) is 59.0 Å². The van der Waals surface area contributed by atoms with E-state index in [4.69, 9.17) is 9.84 Å². The van der Waals surface area contributed by atoms with E-state index in [1.54, 1.807) is 42.5 Å². The van der Waals surface area contributed by atoms with E-state index in [0.29, 0.717) is 12.4 Å². The SMILES string of the molecule is O=C(O)c1ccc2c(COc3ccccc3O)csc2c1. The summed E-state index contributed by atoms with van der Waals surface area (Å²) in [7, 11) is 0. The number of hydrogen-bond donors (Lipinski definition) is 2. The zero-order valence-electron chi connectivity index (χ0n) is 10.9. The molecule has 0 saturated heterocycles. The molecule has 0 aliphatic rings. The quantitative estimate of drug-likeness (QED) is 0.767. The summed E-state index contributed by atoms with van der Waals surface area (Å²) in [6, 6.07) is 11.8. The van der Waals surface area contributed by atoms with Gasteiger partial charge in [-0.05, 0) is 35.0 Å². The fourth-order valence-corrected chi connectivity index (χ4v) is 3.05. The molecule has 0 amide bonds. The maximum Gasteiger partial charge on any atom is 0.335 e. The first kappa shape index (κ1) is 13.5. The van der Waals surface area contributed by atoms with Crippen LogP contribution >= 0.6 is 11.3 Å². The number of fused-ring (bicyclic) bond motifs is 1. The highest BCUT2D eigenvalue weighted by atomic mass is 32.1. The topological polar surface area (TPSA) is 66.8 Å². The number of rotatable bonds is 4. The number of aromatic carboxylic acids is 1. The standard InChI is InChI=1S/C16H12O4S/c17-13-3-1-2-4-14(13)20-8-11-9-21-15-7-10(16(18)19)5-6-12(11)15/h1-7,9,17H,8H2,(H,18,19). The third-order valence-electron chi connectivity index (χ3n) is 3.15. The van der Waals surface area contributed by atoms with Crippen LogP contribution in [0.3, 0.4) is 0 Å². The molecule has 1 heterocycles. The lowest BCUT2D eigenvalue weighted by Crippen LogP contribution is -1.96. The van der Waals surface area contributed by atoms with Crippen molar-refractivity contribution in [3.8, 4) is 11.5 Å². The van der Waals surface area contributed by atoms with Crippen LogP contribution in [-0.4, -0.2) is 16.2 Å². The molecule has 21 heavy (non-hydrogen) atoms. The molecule has 0 fully saturated rings. The lowest BCUT2D eigenvalue weighted by molar-refractivity contribution is 0.0697. The Balaban J connectivity index is 1.85. The van der Waals surface area contributed by atoms with Gasteiger partial charge in [0.05, 0.1) is 5.56 Å². The highest BCUT2D eigenvalue weighted by molar-refractivity contribution is 7.17. The first-order valence-electron chi connectivity index (χ1n) is 6.29. The van der Waals surface area contributed by atoms with Crippen molar-refractivity contribution < 1.29 is 19.7 Å². The number of phenols is 1. The van der Waals surface area contributed by atoms with Crippen molar-refractivity contribution in [3.63, 3.8) is 0 Å². The van der Waals surface area contributed by atoms with Crippen molar-refractivity contribution in [2.24, 2.45) is 0 Å². The summed E-state index contributed by atoms with van der Waals surface area (Å²) >= 11 is 1.48. The Morgan fingerprint density at radius 2 is 2.00 bits per heavy atom. The summed E-state index contributed by atoms with van der Waals surface area (Å²) in [4.78, 5) is 11.0. The van der Waals surface area contributed by atoms with E-state index < -0.39 is 5.97 Å². The van der Waals surface area contributed by atoms with Crippen LogP contribution in [0.25, 0.3) is 10.1 Å². The third-order valence-corrected chi connectivity index (χ3v) is 4.15. The van der Waals surface area contributed by atoms with Gasteiger partial charge in [0.25, 0.3) is 0 Å². The van der Waals surface area contributed by atoms with Gasteiger partial charge in [0.1, 0.15) is 6.61 Å². The van der Waals surface area contributed by atoms with Crippen LogP contribution in [0.1, 0.15) is 15.9 Å². The number of thiophene rings is 1. The molecule has 0 spiro atoms. The smallest absolute Gasteiger partial charge is 0.335 e. The zero-order chi connectivity index (χ0) is 14.8. The van der Waals surface area contributed by atoms with E-state index in [0.717, 1.165) is 15.6 Å². The lowest BCUT2D eigenvalue weighted by Gasteiger charge is -2.07. The van der Waals surface area contributed by atoms with Gasteiger partial charge < -0.3 is 14.9 Å². The second-order valence-electron chi connectivity index (χ2n) is 4.53. The van der Waals surface area contributed by atoms with Crippen LogP contribution < -0.4 is 4.74 Å². The van der Waals surface area contributed by atoms with Crippen LogP contribution in [0.5, 0.6) is 11.5 Å². The van der Waals surface area contributed by atoms with Gasteiger partial charge in [0.15, 0.2) is 11.5 Å². The molecular formula is C16H12O4S. The number of hydrogen-bond acceptors (Lipinski definition) is 4. The van der Waals surface area contributed by atoms with Crippen molar-refractivity contribution in [2.75, 3.05) is 0 Å². The molecule has 0 aliphatic heterocycles. The van der Waals surface area contributed by atoms with Crippen molar-refractivity contribution in [1.29, 1.82) is 0 Å². The number of phenolic OH excluding ortho intramolecular Hbond substituents is 1. The van der Waals surface area contributed by atoms with Crippen LogP contribution in [0.4, 0.5) is 0 Å². The summed E-state index contributed by atoms with van der Waals surface area (Å²) < 4.78 is 6.52. The Kier molecular flexibility index (Phi) is 3.50. The molecule has 2 aromatic carbocycles. The number of carbonyl (C=O) groups is 1. The van der Waals surface area contributed by atoms with Crippen molar-refractivity contribution in [1.82, 2.24) is 0 Å². The summed E-state index contributed by atoms with van der Waals surface area (Å²) in [5, 5.41) is 21.6. The van der Waals surface area contributed by atoms with Gasteiger partial charge in [-0.25, -0.2) is 4.79 Å². The largest absolute Gasteiger partial charge is 0.504 e. The highest BCUT2D eigenvalue weighted by Crippen LogP contribution is 2.30. The molecule has 2 N–H and O–H groups in total. The predicted octanol–water partition coefficient (Wildman–Crippen LogP) is 3.88. The minimum absolute atomic E-state index is 0.102. The molecule has 0 radical (unpaired) electrons. The predicted molar refractivity (Wildman–Crippen MR) is 81.2 cm³/mol. The van der Waals surface area contributed by atoms with Gasteiger partial charge in [0.2, 0.25) is 0 Å². The van der Waals surface area contributed by atoms with Crippen LogP contribution in [0.2, 0.25) is 0 Å². The summed E-state index contributed by atoms with van der Waals surface area (Å²) in [6.07, 6.45) is 0. The molecule has 5 heteroatoms. The van der Waals surface area contributed by atoms with Crippen molar-refractivity contribution in [2.45, 2.75) is 6.61 Å². The van der Waals surface area contributed by atoms with Gasteiger partial charge in [-0.3, -0.25) is 0 Å². The number of ether oxygens (including phenoxy) is 1. The maximum absolute atomic E-state index is 11.0. The van der Waals surface area contributed by atoms with E-state index >= 15 is 0 Å². The highest BCUT2D eigenvalue weighted by Gasteiger charge is 2.09. The molecule has 4 nitrogen and oxygen atoms in total. The van der Waals surface area contributed by atoms with E-state index in [1.807, 2.05) is 5.38 Å². The fraction of sp³-hybridized carbons (Fsp3) is 0.0625. The second-order valence-corrected chi connectivity index (χ2v) is 5.44. The average Bonchev–Trinajstić information content (AvgIpc) is 2.88. The molecule has 0 saturated carbocycles. The number of carboxylic acid groups (broad SMARTS) is 1. The molecule has 106 valence electrons. The number of aromatic hydroxyl groups is 1. The molecular weight excluding hydrogens is 288 g/mol. The van der Waals surface area contributed by atoms with Gasteiger partial charge in [-0.2, -0.15) is 0 Å². The van der Waals surface area contributed by atoms with Gasteiger partial charge in [0, 0.05) is 10.3 Å². The molecule has 0 atom stereocenters. The third kappa shape index (κ3) is 2.68. The summed E-state index contributed by atoms with van der Waals surface area (Å²) in [6.45, 7) is 0.323. The summed E-state index contributed by atoms with van der Waals surface area (Å²) in [5.41, 5.74) is 1.24. The van der Waals surface area contributed by atoms with Gasteiger partial charge in [-0.1, -0.05) is 18.2 Å². The molecule has 0 unspecified atom stereocenters. The number of benzene rings is 2. The van der Waals surface area contributed by atoms with Crippen LogP contribution in [-0.2, 0) is 6.61 Å². The van der Waals surface area contributed by atoms with E-state index in [1.165, 1.54) is 11.3 Å². The summed E-state index contributed by atoms with van der Waals surface area (Å²) in [5.74, 6) is -0.401. The number of para-hydroxylation sites is 2. The lowest BCUT2D eigenvalue weighted by atomic mass is 10.1. The average molecular weight is 300 g/mol. The molecule has 3 rings (SSSR count). The van der Waals surface area contributed by atoms with Gasteiger partial charge in [-0.15, -0.1) is 11.3 Å².